The Morgan fingerprint density at radius 2 is 2.17 bits per heavy atom. The number of aryl methyl sites for hydroxylation is 2. The van der Waals surface area contributed by atoms with Crippen molar-refractivity contribution in [2.75, 3.05) is 0 Å². The number of fused-ring (bicyclic) bond motifs is 1. The molecule has 0 unspecified atom stereocenters. The summed E-state index contributed by atoms with van der Waals surface area (Å²) in [6, 6.07) is 0.0804. The van der Waals surface area contributed by atoms with Gasteiger partial charge in [-0.15, -0.1) is 0 Å². The van der Waals surface area contributed by atoms with Crippen LogP contribution in [0, 0.1) is 0 Å². The third-order valence-electron chi connectivity index (χ3n) is 4.40. The first-order valence-electron chi connectivity index (χ1n) is 8.39. The number of amides is 1. The number of aromatic nitrogens is 3. The first-order chi connectivity index (χ1) is 11.1. The van der Waals surface area contributed by atoms with Gasteiger partial charge < -0.3 is 9.42 Å². The molecule has 0 fully saturated rings. The van der Waals surface area contributed by atoms with Gasteiger partial charge in [0.05, 0.1) is 11.9 Å². The van der Waals surface area contributed by atoms with Crippen LogP contribution < -0.4 is 0 Å². The van der Waals surface area contributed by atoms with Crippen LogP contribution >= 0.6 is 0 Å². The maximum absolute atomic E-state index is 13.0. The van der Waals surface area contributed by atoms with Crippen molar-refractivity contribution in [2.24, 2.45) is 0 Å². The molecule has 1 aliphatic carbocycles. The standard InChI is InChI=1S/C17H24N4O2/c1-4-20-10-13(9-18-20)11-21(12(2)3)17(22)16-14-7-5-6-8-15(14)19-23-16/h9-10,12H,4-8,11H2,1-3H3. The van der Waals surface area contributed by atoms with E-state index in [1.54, 1.807) is 0 Å². The number of hydrogen-bond donors (Lipinski definition) is 0. The van der Waals surface area contributed by atoms with E-state index in [0.717, 1.165) is 49.0 Å². The molecule has 0 spiro atoms. The Labute approximate surface area is 136 Å². The SMILES string of the molecule is CCn1cc(CN(C(=O)c2onc3c2CCCC3)C(C)C)cn1. The molecule has 0 bridgehead atoms. The van der Waals surface area contributed by atoms with Crippen molar-refractivity contribution in [3.8, 4) is 0 Å². The molecule has 6 nitrogen and oxygen atoms in total. The lowest BCUT2D eigenvalue weighted by Crippen LogP contribution is -2.36. The minimum atomic E-state index is -0.0695. The van der Waals surface area contributed by atoms with Gasteiger partial charge in [0.15, 0.2) is 0 Å². The zero-order valence-electron chi connectivity index (χ0n) is 14.1. The summed E-state index contributed by atoms with van der Waals surface area (Å²) in [5.41, 5.74) is 3.00. The van der Waals surface area contributed by atoms with Crippen LogP contribution in [0.2, 0.25) is 0 Å². The highest BCUT2D eigenvalue weighted by atomic mass is 16.5. The van der Waals surface area contributed by atoms with Crippen molar-refractivity contribution in [1.82, 2.24) is 19.8 Å². The average molecular weight is 316 g/mol. The van der Waals surface area contributed by atoms with E-state index >= 15 is 0 Å². The quantitative estimate of drug-likeness (QED) is 0.851. The number of rotatable bonds is 5. The van der Waals surface area contributed by atoms with Gasteiger partial charge in [-0.25, -0.2) is 0 Å². The van der Waals surface area contributed by atoms with E-state index in [4.69, 9.17) is 4.52 Å². The first-order valence-corrected chi connectivity index (χ1v) is 8.39. The molecule has 0 saturated heterocycles. The van der Waals surface area contributed by atoms with Gasteiger partial charge in [-0.1, -0.05) is 5.16 Å². The summed E-state index contributed by atoms with van der Waals surface area (Å²) in [5, 5.41) is 8.39. The third-order valence-corrected chi connectivity index (χ3v) is 4.40. The lowest BCUT2D eigenvalue weighted by Gasteiger charge is -2.25. The summed E-state index contributed by atoms with van der Waals surface area (Å²) >= 11 is 0. The molecule has 0 saturated carbocycles. The number of carbonyl (C=O) groups excluding carboxylic acids is 1. The fraction of sp³-hybridized carbons (Fsp3) is 0.588. The van der Waals surface area contributed by atoms with Gasteiger partial charge in [-0.3, -0.25) is 9.48 Å². The predicted molar refractivity (Wildman–Crippen MR) is 86.1 cm³/mol. The van der Waals surface area contributed by atoms with Crippen molar-refractivity contribution >= 4 is 5.91 Å². The van der Waals surface area contributed by atoms with Gasteiger partial charge in [0.25, 0.3) is 5.91 Å². The molecule has 0 aromatic carbocycles. The molecule has 1 amide bonds. The average Bonchev–Trinajstić information content (AvgIpc) is 3.18. The molecule has 1 aliphatic rings. The van der Waals surface area contributed by atoms with Crippen LogP contribution in [0.25, 0.3) is 0 Å². The van der Waals surface area contributed by atoms with Crippen LogP contribution in [-0.4, -0.2) is 31.8 Å². The maximum atomic E-state index is 13.0. The van der Waals surface area contributed by atoms with Gasteiger partial charge >= 0.3 is 0 Å². The summed E-state index contributed by atoms with van der Waals surface area (Å²) in [7, 11) is 0. The third kappa shape index (κ3) is 3.16. The molecular weight excluding hydrogens is 292 g/mol. The Morgan fingerprint density at radius 1 is 1.39 bits per heavy atom. The van der Waals surface area contributed by atoms with Crippen LogP contribution in [0.3, 0.4) is 0 Å². The van der Waals surface area contributed by atoms with E-state index < -0.39 is 0 Å². The molecule has 2 aromatic heterocycles. The maximum Gasteiger partial charge on any atom is 0.293 e. The first kappa shape index (κ1) is 15.8. The summed E-state index contributed by atoms with van der Waals surface area (Å²) < 4.78 is 7.28. The van der Waals surface area contributed by atoms with E-state index in [2.05, 4.69) is 10.3 Å². The minimum Gasteiger partial charge on any atom is -0.350 e. The summed E-state index contributed by atoms with van der Waals surface area (Å²) in [6.07, 6.45) is 7.83. The topological polar surface area (TPSA) is 64.2 Å². The second-order valence-electron chi connectivity index (χ2n) is 6.38. The molecule has 124 valence electrons. The molecular formula is C17H24N4O2. The zero-order valence-corrected chi connectivity index (χ0v) is 14.1. The highest BCUT2D eigenvalue weighted by Crippen LogP contribution is 2.26. The van der Waals surface area contributed by atoms with E-state index in [-0.39, 0.29) is 11.9 Å². The summed E-state index contributed by atoms with van der Waals surface area (Å²) in [6.45, 7) is 7.44. The number of nitrogens with zero attached hydrogens (tertiary/aromatic N) is 4. The van der Waals surface area contributed by atoms with E-state index in [0.29, 0.717) is 12.3 Å². The monoisotopic (exact) mass is 316 g/mol. The van der Waals surface area contributed by atoms with Gasteiger partial charge in [-0.05, 0) is 46.5 Å². The molecule has 3 rings (SSSR count). The second-order valence-corrected chi connectivity index (χ2v) is 6.38. The van der Waals surface area contributed by atoms with Crippen LogP contribution in [0.5, 0.6) is 0 Å². The van der Waals surface area contributed by atoms with Crippen molar-refractivity contribution in [3.05, 3.63) is 35.0 Å². The van der Waals surface area contributed by atoms with Crippen LogP contribution in [0.4, 0.5) is 0 Å². The molecule has 0 radical (unpaired) electrons. The molecule has 2 heterocycles. The van der Waals surface area contributed by atoms with Gasteiger partial charge in [0, 0.05) is 36.5 Å². The van der Waals surface area contributed by atoms with Crippen LogP contribution in [-0.2, 0) is 25.9 Å². The van der Waals surface area contributed by atoms with Crippen molar-refractivity contribution in [1.29, 1.82) is 0 Å². The van der Waals surface area contributed by atoms with Crippen molar-refractivity contribution in [3.63, 3.8) is 0 Å². The molecule has 0 atom stereocenters. The number of carbonyl (C=O) groups is 1. The highest BCUT2D eigenvalue weighted by Gasteiger charge is 2.29. The van der Waals surface area contributed by atoms with Gasteiger partial charge in [-0.2, -0.15) is 5.10 Å². The van der Waals surface area contributed by atoms with Crippen molar-refractivity contribution in [2.45, 2.75) is 65.6 Å². The molecule has 2 aromatic rings. The van der Waals surface area contributed by atoms with Gasteiger partial charge in [0.2, 0.25) is 5.76 Å². The molecule has 0 N–H and O–H groups in total. The largest absolute Gasteiger partial charge is 0.350 e. The molecule has 6 heteroatoms. The Balaban J connectivity index is 1.83. The summed E-state index contributed by atoms with van der Waals surface area (Å²) in [4.78, 5) is 14.8. The fourth-order valence-electron chi connectivity index (χ4n) is 3.04. The van der Waals surface area contributed by atoms with E-state index in [1.807, 2.05) is 42.7 Å². The molecule has 0 aliphatic heterocycles. The van der Waals surface area contributed by atoms with Gasteiger partial charge in [0.1, 0.15) is 0 Å². The Kier molecular flexibility index (Phi) is 4.50. The minimum absolute atomic E-state index is 0.0695. The lowest BCUT2D eigenvalue weighted by atomic mass is 9.95. The fourth-order valence-corrected chi connectivity index (χ4v) is 3.04. The number of hydrogen-bond acceptors (Lipinski definition) is 4. The smallest absolute Gasteiger partial charge is 0.293 e. The van der Waals surface area contributed by atoms with Crippen LogP contribution in [0.15, 0.2) is 16.9 Å². The highest BCUT2D eigenvalue weighted by molar-refractivity contribution is 5.93. The van der Waals surface area contributed by atoms with Crippen LogP contribution in [0.1, 0.15) is 61.0 Å². The summed E-state index contributed by atoms with van der Waals surface area (Å²) in [5.74, 6) is 0.358. The Hall–Kier alpha value is -2.11. The normalized spacial score (nSPS) is 14.1. The Morgan fingerprint density at radius 3 is 2.87 bits per heavy atom. The lowest BCUT2D eigenvalue weighted by molar-refractivity contribution is 0.0646. The van der Waals surface area contributed by atoms with E-state index in [1.165, 1.54) is 0 Å². The Bertz CT molecular complexity index is 687. The zero-order chi connectivity index (χ0) is 16.4. The second kappa shape index (κ2) is 6.56. The molecule has 23 heavy (non-hydrogen) atoms. The predicted octanol–water partition coefficient (Wildman–Crippen LogP) is 2.82. The van der Waals surface area contributed by atoms with Crippen molar-refractivity contribution < 1.29 is 9.32 Å². The van der Waals surface area contributed by atoms with E-state index in [9.17, 15) is 4.79 Å².